The van der Waals surface area contributed by atoms with Crippen molar-refractivity contribution in [2.24, 2.45) is 5.73 Å². The average Bonchev–Trinajstić information content (AvgIpc) is 2.39. The van der Waals surface area contributed by atoms with Gasteiger partial charge in [0.05, 0.1) is 15.4 Å². The van der Waals surface area contributed by atoms with E-state index in [0.717, 1.165) is 0 Å². The Balaban J connectivity index is 2.63. The fourth-order valence-corrected chi connectivity index (χ4v) is 3.24. The summed E-state index contributed by atoms with van der Waals surface area (Å²) < 4.78 is 24.8. The van der Waals surface area contributed by atoms with E-state index >= 15 is 0 Å². The molecular formula is C13H10ClNO3S. The van der Waals surface area contributed by atoms with Crippen LogP contribution in [0.1, 0.15) is 10.4 Å². The Morgan fingerprint density at radius 3 is 2.16 bits per heavy atom. The van der Waals surface area contributed by atoms with Gasteiger partial charge >= 0.3 is 0 Å². The number of primary amides is 1. The van der Waals surface area contributed by atoms with Crippen LogP contribution >= 0.6 is 11.6 Å². The van der Waals surface area contributed by atoms with Gasteiger partial charge in [0.2, 0.25) is 15.7 Å². The molecular weight excluding hydrogens is 286 g/mol. The minimum atomic E-state index is -3.79. The minimum absolute atomic E-state index is 0.0301. The van der Waals surface area contributed by atoms with Gasteiger partial charge in [-0.3, -0.25) is 4.79 Å². The van der Waals surface area contributed by atoms with Crippen LogP contribution in [-0.4, -0.2) is 14.3 Å². The number of halogens is 1. The van der Waals surface area contributed by atoms with E-state index in [-0.39, 0.29) is 15.4 Å². The topological polar surface area (TPSA) is 77.2 Å². The van der Waals surface area contributed by atoms with Gasteiger partial charge < -0.3 is 5.73 Å². The molecule has 0 bridgehead atoms. The first-order chi connectivity index (χ1) is 8.93. The first-order valence-electron chi connectivity index (χ1n) is 5.32. The third-order valence-electron chi connectivity index (χ3n) is 2.57. The molecule has 0 unspecified atom stereocenters. The summed E-state index contributed by atoms with van der Waals surface area (Å²) in [4.78, 5) is 11.2. The summed E-state index contributed by atoms with van der Waals surface area (Å²) in [5.41, 5.74) is 5.16. The van der Waals surface area contributed by atoms with Crippen molar-refractivity contribution in [1.29, 1.82) is 0 Å². The molecule has 0 fully saturated rings. The Kier molecular flexibility index (Phi) is 3.59. The molecule has 0 atom stereocenters. The molecule has 2 aromatic carbocycles. The van der Waals surface area contributed by atoms with Crippen molar-refractivity contribution in [3.05, 3.63) is 59.1 Å². The molecule has 0 aliphatic carbocycles. The van der Waals surface area contributed by atoms with E-state index in [0.29, 0.717) is 5.02 Å². The summed E-state index contributed by atoms with van der Waals surface area (Å²) in [5.74, 6) is -0.784. The quantitative estimate of drug-likeness (QED) is 0.943. The van der Waals surface area contributed by atoms with Crippen LogP contribution in [0.3, 0.4) is 0 Å². The molecule has 0 saturated carbocycles. The molecule has 0 spiro atoms. The molecule has 0 radical (unpaired) electrons. The standard InChI is InChI=1S/C13H10ClNO3S/c14-9-5-7-10(8-6-9)19(17,18)12-4-2-1-3-11(12)13(15)16/h1-8H,(H2,15,16). The van der Waals surface area contributed by atoms with Crippen LogP contribution in [0.25, 0.3) is 0 Å². The lowest BCUT2D eigenvalue weighted by Gasteiger charge is -2.08. The normalized spacial score (nSPS) is 11.2. The second-order valence-corrected chi connectivity index (χ2v) is 6.17. The van der Waals surface area contributed by atoms with Gasteiger partial charge in [-0.05, 0) is 36.4 Å². The number of hydrogen-bond acceptors (Lipinski definition) is 3. The maximum absolute atomic E-state index is 12.4. The smallest absolute Gasteiger partial charge is 0.250 e. The predicted octanol–water partition coefficient (Wildman–Crippen LogP) is 2.27. The van der Waals surface area contributed by atoms with Gasteiger partial charge in [0, 0.05) is 5.02 Å². The molecule has 2 rings (SSSR count). The second kappa shape index (κ2) is 5.03. The van der Waals surface area contributed by atoms with Crippen molar-refractivity contribution < 1.29 is 13.2 Å². The monoisotopic (exact) mass is 295 g/mol. The van der Waals surface area contributed by atoms with Crippen LogP contribution in [0.5, 0.6) is 0 Å². The van der Waals surface area contributed by atoms with Crippen molar-refractivity contribution in [3.8, 4) is 0 Å². The number of sulfone groups is 1. The lowest BCUT2D eigenvalue weighted by molar-refractivity contribution is 0.0997. The molecule has 4 nitrogen and oxygen atoms in total. The lowest BCUT2D eigenvalue weighted by Crippen LogP contribution is -2.16. The van der Waals surface area contributed by atoms with Crippen molar-refractivity contribution in [2.45, 2.75) is 9.79 Å². The number of hydrogen-bond donors (Lipinski definition) is 1. The van der Waals surface area contributed by atoms with Gasteiger partial charge in [0.25, 0.3) is 0 Å². The number of amides is 1. The van der Waals surface area contributed by atoms with Gasteiger partial charge in [-0.2, -0.15) is 0 Å². The number of carbonyl (C=O) groups is 1. The molecule has 6 heteroatoms. The number of nitrogens with two attached hydrogens (primary N) is 1. The fraction of sp³-hybridized carbons (Fsp3) is 0. The highest BCUT2D eigenvalue weighted by molar-refractivity contribution is 7.91. The van der Waals surface area contributed by atoms with E-state index in [9.17, 15) is 13.2 Å². The molecule has 19 heavy (non-hydrogen) atoms. The summed E-state index contributed by atoms with van der Waals surface area (Å²) in [6.07, 6.45) is 0. The number of carbonyl (C=O) groups excluding carboxylic acids is 1. The maximum Gasteiger partial charge on any atom is 0.250 e. The molecule has 2 aromatic rings. The molecule has 0 aliphatic heterocycles. The van der Waals surface area contributed by atoms with E-state index < -0.39 is 15.7 Å². The Labute approximate surface area is 115 Å². The Morgan fingerprint density at radius 2 is 1.58 bits per heavy atom. The van der Waals surface area contributed by atoms with E-state index in [1.54, 1.807) is 6.07 Å². The molecule has 1 amide bonds. The van der Waals surface area contributed by atoms with Crippen LogP contribution < -0.4 is 5.73 Å². The van der Waals surface area contributed by atoms with Gasteiger partial charge in [-0.1, -0.05) is 23.7 Å². The van der Waals surface area contributed by atoms with Crippen LogP contribution in [-0.2, 0) is 9.84 Å². The molecule has 0 aromatic heterocycles. The van der Waals surface area contributed by atoms with Gasteiger partial charge in [0.1, 0.15) is 0 Å². The largest absolute Gasteiger partial charge is 0.366 e. The van der Waals surface area contributed by atoms with Crippen LogP contribution in [0, 0.1) is 0 Å². The first-order valence-corrected chi connectivity index (χ1v) is 7.18. The highest BCUT2D eigenvalue weighted by atomic mass is 35.5. The van der Waals surface area contributed by atoms with Crippen LogP contribution in [0.4, 0.5) is 0 Å². The van der Waals surface area contributed by atoms with Crippen LogP contribution in [0.15, 0.2) is 58.3 Å². The zero-order valence-corrected chi connectivity index (χ0v) is 11.3. The summed E-state index contributed by atoms with van der Waals surface area (Å²) >= 11 is 5.72. The molecule has 98 valence electrons. The van der Waals surface area contributed by atoms with E-state index in [4.69, 9.17) is 17.3 Å². The Bertz CT molecular complexity index is 724. The summed E-state index contributed by atoms with van der Waals surface area (Å²) in [6, 6.07) is 11.5. The molecule has 2 N–H and O–H groups in total. The lowest BCUT2D eigenvalue weighted by atomic mass is 10.2. The van der Waals surface area contributed by atoms with E-state index in [2.05, 4.69) is 0 Å². The van der Waals surface area contributed by atoms with Crippen LogP contribution in [0.2, 0.25) is 5.02 Å². The van der Waals surface area contributed by atoms with Gasteiger partial charge in [0.15, 0.2) is 0 Å². The van der Waals surface area contributed by atoms with Crippen molar-refractivity contribution >= 4 is 27.3 Å². The third-order valence-corrected chi connectivity index (χ3v) is 4.65. The summed E-state index contributed by atoms with van der Waals surface area (Å²) in [6.45, 7) is 0. The van der Waals surface area contributed by atoms with Crippen molar-refractivity contribution in [1.82, 2.24) is 0 Å². The predicted molar refractivity (Wildman–Crippen MR) is 71.9 cm³/mol. The summed E-state index contributed by atoms with van der Waals surface area (Å²) in [7, 11) is -3.79. The van der Waals surface area contributed by atoms with E-state index in [1.165, 1.54) is 42.5 Å². The zero-order chi connectivity index (χ0) is 14.0. The number of rotatable bonds is 3. The molecule has 0 saturated heterocycles. The van der Waals surface area contributed by atoms with Crippen molar-refractivity contribution in [2.75, 3.05) is 0 Å². The first kappa shape index (κ1) is 13.6. The Morgan fingerprint density at radius 1 is 1.00 bits per heavy atom. The zero-order valence-electron chi connectivity index (χ0n) is 9.71. The third kappa shape index (κ3) is 2.62. The molecule has 0 aliphatic rings. The van der Waals surface area contributed by atoms with E-state index in [1.807, 2.05) is 0 Å². The maximum atomic E-state index is 12.4. The minimum Gasteiger partial charge on any atom is -0.366 e. The Hall–Kier alpha value is -1.85. The summed E-state index contributed by atoms with van der Waals surface area (Å²) in [5, 5.41) is 0.433. The second-order valence-electron chi connectivity index (χ2n) is 3.82. The highest BCUT2D eigenvalue weighted by Gasteiger charge is 2.22. The number of benzene rings is 2. The average molecular weight is 296 g/mol. The van der Waals surface area contributed by atoms with Gasteiger partial charge in [-0.15, -0.1) is 0 Å². The SMILES string of the molecule is NC(=O)c1ccccc1S(=O)(=O)c1ccc(Cl)cc1. The van der Waals surface area contributed by atoms with Crippen molar-refractivity contribution in [3.63, 3.8) is 0 Å². The molecule has 0 heterocycles. The highest BCUT2D eigenvalue weighted by Crippen LogP contribution is 2.24. The fourth-order valence-electron chi connectivity index (χ4n) is 1.65. The van der Waals surface area contributed by atoms with Gasteiger partial charge in [-0.25, -0.2) is 8.42 Å².